The van der Waals surface area contributed by atoms with Crippen LogP contribution >= 0.6 is 0 Å². The van der Waals surface area contributed by atoms with E-state index in [1.165, 1.54) is 0 Å². The van der Waals surface area contributed by atoms with Crippen molar-refractivity contribution in [3.8, 4) is 0 Å². The Balaban J connectivity index is 2.17. The molecule has 0 aliphatic heterocycles. The third-order valence-electron chi connectivity index (χ3n) is 2.90. The topological polar surface area (TPSA) is 63.2 Å². The Bertz CT molecular complexity index is 613. The lowest BCUT2D eigenvalue weighted by molar-refractivity contribution is 0.173. The summed E-state index contributed by atoms with van der Waals surface area (Å²) in [5.74, 6) is 0. The number of urea groups is 1. The van der Waals surface area contributed by atoms with Gasteiger partial charge in [0, 0.05) is 18.2 Å². The Morgan fingerprint density at radius 2 is 2.15 bits per heavy atom. The molecule has 0 radical (unpaired) electrons. The van der Waals surface area contributed by atoms with Crippen molar-refractivity contribution in [2.45, 2.75) is 19.9 Å². The first-order valence-electron chi connectivity index (χ1n) is 6.53. The number of carbonyl (C=O) groups is 1. The first kappa shape index (κ1) is 14.3. The van der Waals surface area contributed by atoms with Crippen LogP contribution in [0.4, 0.5) is 10.5 Å². The summed E-state index contributed by atoms with van der Waals surface area (Å²) < 4.78 is 4.99. The average Bonchev–Trinajstić information content (AvgIpc) is 2.39. The molecule has 2 amide bonds. The van der Waals surface area contributed by atoms with Gasteiger partial charge in [-0.25, -0.2) is 4.79 Å². The Kier molecular flexibility index (Phi) is 4.53. The molecule has 0 aliphatic carbocycles. The number of aromatic nitrogens is 1. The highest BCUT2D eigenvalue weighted by Crippen LogP contribution is 2.21. The van der Waals surface area contributed by atoms with Crippen LogP contribution in [0, 0.1) is 6.92 Å². The lowest BCUT2D eigenvalue weighted by Crippen LogP contribution is -2.38. The predicted octanol–water partition coefficient (Wildman–Crippen LogP) is 2.70. The molecule has 0 unspecified atom stereocenters. The number of hydrogen-bond acceptors (Lipinski definition) is 3. The monoisotopic (exact) mass is 273 g/mol. The number of para-hydroxylation sites is 1. The number of amides is 2. The number of hydrogen-bond donors (Lipinski definition) is 2. The molecule has 1 atom stereocenters. The zero-order valence-corrected chi connectivity index (χ0v) is 11.9. The number of nitrogens with zero attached hydrogens (tertiary/aromatic N) is 1. The number of nitrogens with one attached hydrogen (secondary N) is 2. The van der Waals surface area contributed by atoms with Gasteiger partial charge in [0.2, 0.25) is 0 Å². The van der Waals surface area contributed by atoms with E-state index in [4.69, 9.17) is 4.74 Å². The number of aryl methyl sites for hydroxylation is 1. The Labute approximate surface area is 118 Å². The van der Waals surface area contributed by atoms with Crippen molar-refractivity contribution in [2.24, 2.45) is 0 Å². The summed E-state index contributed by atoms with van der Waals surface area (Å²) in [5, 5.41) is 6.64. The third kappa shape index (κ3) is 3.45. The van der Waals surface area contributed by atoms with Crippen LogP contribution in [0.3, 0.4) is 0 Å². The molecule has 106 valence electrons. The Morgan fingerprint density at radius 3 is 2.90 bits per heavy atom. The number of methoxy groups -OCH3 is 1. The van der Waals surface area contributed by atoms with Gasteiger partial charge in [0.1, 0.15) is 0 Å². The van der Waals surface area contributed by atoms with E-state index in [9.17, 15) is 4.79 Å². The van der Waals surface area contributed by atoms with Gasteiger partial charge in [-0.1, -0.05) is 18.2 Å². The van der Waals surface area contributed by atoms with E-state index in [1.54, 1.807) is 7.11 Å². The maximum atomic E-state index is 11.9. The zero-order valence-electron chi connectivity index (χ0n) is 11.9. The minimum absolute atomic E-state index is 0.0512. The first-order chi connectivity index (χ1) is 9.60. The molecule has 0 spiro atoms. The molecule has 0 saturated heterocycles. The number of rotatable bonds is 4. The molecular weight excluding hydrogens is 254 g/mol. The minimum atomic E-state index is -0.259. The molecule has 1 heterocycles. The molecule has 2 aromatic rings. The molecule has 2 N–H and O–H groups in total. The molecular formula is C15H19N3O2. The van der Waals surface area contributed by atoms with Crippen molar-refractivity contribution in [1.29, 1.82) is 0 Å². The number of pyridine rings is 1. The highest BCUT2D eigenvalue weighted by atomic mass is 16.5. The summed E-state index contributed by atoms with van der Waals surface area (Å²) in [6.07, 6.45) is 0. The summed E-state index contributed by atoms with van der Waals surface area (Å²) in [6.45, 7) is 4.28. The quantitative estimate of drug-likeness (QED) is 0.900. The van der Waals surface area contributed by atoms with Gasteiger partial charge in [-0.2, -0.15) is 0 Å². The second kappa shape index (κ2) is 6.34. The van der Waals surface area contributed by atoms with Crippen molar-refractivity contribution in [3.05, 3.63) is 36.0 Å². The SMILES string of the molecule is COC[C@H](C)NC(=O)Nc1cccc2ccc(C)nc12. The summed E-state index contributed by atoms with van der Waals surface area (Å²) in [6, 6.07) is 9.35. The van der Waals surface area contributed by atoms with Gasteiger partial charge in [0.05, 0.1) is 23.9 Å². The average molecular weight is 273 g/mol. The van der Waals surface area contributed by atoms with Crippen molar-refractivity contribution >= 4 is 22.6 Å². The number of carbonyl (C=O) groups excluding carboxylic acids is 1. The standard InChI is InChI=1S/C15H19N3O2/c1-10-7-8-12-5-4-6-13(14(12)16-10)18-15(19)17-11(2)9-20-3/h4-8,11H,9H2,1-3H3,(H2,17,18,19)/t11-/m0/s1. The van der Waals surface area contributed by atoms with E-state index in [0.717, 1.165) is 16.6 Å². The van der Waals surface area contributed by atoms with E-state index in [1.807, 2.05) is 44.2 Å². The van der Waals surface area contributed by atoms with Crippen molar-refractivity contribution in [3.63, 3.8) is 0 Å². The van der Waals surface area contributed by atoms with Gasteiger partial charge in [-0.15, -0.1) is 0 Å². The molecule has 5 nitrogen and oxygen atoms in total. The number of anilines is 1. The van der Waals surface area contributed by atoms with Crippen LogP contribution in [0.25, 0.3) is 10.9 Å². The minimum Gasteiger partial charge on any atom is -0.383 e. The van der Waals surface area contributed by atoms with Crippen molar-refractivity contribution < 1.29 is 9.53 Å². The van der Waals surface area contributed by atoms with Crippen LogP contribution in [-0.4, -0.2) is 30.8 Å². The molecule has 1 aromatic carbocycles. The Morgan fingerprint density at radius 1 is 1.35 bits per heavy atom. The highest BCUT2D eigenvalue weighted by molar-refractivity contribution is 5.99. The summed E-state index contributed by atoms with van der Waals surface area (Å²) >= 11 is 0. The summed E-state index contributed by atoms with van der Waals surface area (Å²) in [4.78, 5) is 16.4. The smallest absolute Gasteiger partial charge is 0.319 e. The fourth-order valence-electron chi connectivity index (χ4n) is 2.02. The molecule has 5 heteroatoms. The third-order valence-corrected chi connectivity index (χ3v) is 2.90. The van der Waals surface area contributed by atoms with Crippen molar-refractivity contribution in [1.82, 2.24) is 10.3 Å². The molecule has 0 fully saturated rings. The second-order valence-electron chi connectivity index (χ2n) is 4.78. The number of ether oxygens (including phenoxy) is 1. The van der Waals surface area contributed by atoms with Crippen LogP contribution in [0.2, 0.25) is 0 Å². The van der Waals surface area contributed by atoms with Crippen LogP contribution in [0.5, 0.6) is 0 Å². The Hall–Kier alpha value is -2.14. The number of fused-ring (bicyclic) bond motifs is 1. The summed E-state index contributed by atoms with van der Waals surface area (Å²) in [7, 11) is 1.60. The fourth-order valence-corrected chi connectivity index (χ4v) is 2.02. The van der Waals surface area contributed by atoms with E-state index < -0.39 is 0 Å². The molecule has 0 bridgehead atoms. The normalized spacial score (nSPS) is 12.2. The molecule has 0 saturated carbocycles. The van der Waals surface area contributed by atoms with Crippen LogP contribution in [0.15, 0.2) is 30.3 Å². The maximum Gasteiger partial charge on any atom is 0.319 e. The zero-order chi connectivity index (χ0) is 14.5. The van der Waals surface area contributed by atoms with Gasteiger partial charge < -0.3 is 15.4 Å². The largest absolute Gasteiger partial charge is 0.383 e. The van der Waals surface area contributed by atoms with Gasteiger partial charge in [0.25, 0.3) is 0 Å². The van der Waals surface area contributed by atoms with E-state index in [0.29, 0.717) is 12.3 Å². The van der Waals surface area contributed by atoms with Gasteiger partial charge in [-0.3, -0.25) is 4.98 Å². The van der Waals surface area contributed by atoms with E-state index in [2.05, 4.69) is 15.6 Å². The summed E-state index contributed by atoms with van der Waals surface area (Å²) in [5.41, 5.74) is 2.41. The van der Waals surface area contributed by atoms with Crippen LogP contribution < -0.4 is 10.6 Å². The molecule has 0 aliphatic rings. The lowest BCUT2D eigenvalue weighted by atomic mass is 10.2. The lowest BCUT2D eigenvalue weighted by Gasteiger charge is -2.14. The predicted molar refractivity (Wildman–Crippen MR) is 80.0 cm³/mol. The maximum absolute atomic E-state index is 11.9. The molecule has 2 rings (SSSR count). The number of benzene rings is 1. The second-order valence-corrected chi connectivity index (χ2v) is 4.78. The van der Waals surface area contributed by atoms with Gasteiger partial charge >= 0.3 is 6.03 Å². The van der Waals surface area contributed by atoms with Crippen LogP contribution in [-0.2, 0) is 4.74 Å². The highest BCUT2D eigenvalue weighted by Gasteiger charge is 2.09. The molecule has 20 heavy (non-hydrogen) atoms. The van der Waals surface area contributed by atoms with Crippen molar-refractivity contribution in [2.75, 3.05) is 19.0 Å². The van der Waals surface area contributed by atoms with Gasteiger partial charge in [-0.05, 0) is 26.0 Å². The van der Waals surface area contributed by atoms with E-state index >= 15 is 0 Å². The first-order valence-corrected chi connectivity index (χ1v) is 6.53. The molecule has 1 aromatic heterocycles. The fraction of sp³-hybridized carbons (Fsp3) is 0.333. The van der Waals surface area contributed by atoms with Crippen LogP contribution in [0.1, 0.15) is 12.6 Å². The van der Waals surface area contributed by atoms with E-state index in [-0.39, 0.29) is 12.1 Å². The van der Waals surface area contributed by atoms with Gasteiger partial charge in [0.15, 0.2) is 0 Å².